The highest BCUT2D eigenvalue weighted by Crippen LogP contribution is 2.26. The van der Waals surface area contributed by atoms with Gasteiger partial charge in [-0.25, -0.2) is 13.8 Å². The SMILES string of the molecule is Cc1ccc(-c2nc3ccc(C#N)cc3[nH]2)c(F)c1F. The summed E-state index contributed by atoms with van der Waals surface area (Å²) in [5, 5.41) is 8.84. The normalized spacial score (nSPS) is 10.7. The molecule has 5 heteroatoms. The average molecular weight is 269 g/mol. The van der Waals surface area contributed by atoms with Gasteiger partial charge in [-0.2, -0.15) is 5.26 Å². The van der Waals surface area contributed by atoms with Gasteiger partial charge < -0.3 is 4.98 Å². The van der Waals surface area contributed by atoms with Crippen LogP contribution in [0.15, 0.2) is 30.3 Å². The summed E-state index contributed by atoms with van der Waals surface area (Å²) < 4.78 is 27.5. The third kappa shape index (κ3) is 1.82. The number of hydrogen-bond acceptors (Lipinski definition) is 2. The molecule has 0 saturated heterocycles. The number of hydrogen-bond donors (Lipinski definition) is 1. The molecule has 0 amide bonds. The molecule has 2 aromatic carbocycles. The van der Waals surface area contributed by atoms with E-state index in [9.17, 15) is 8.78 Å². The molecular formula is C15H9F2N3. The summed E-state index contributed by atoms with van der Waals surface area (Å²) in [6, 6.07) is 9.91. The first-order chi connectivity index (χ1) is 9.60. The molecule has 1 heterocycles. The number of imidazole rings is 1. The number of aryl methyl sites for hydroxylation is 1. The van der Waals surface area contributed by atoms with Crippen LogP contribution in [0.2, 0.25) is 0 Å². The van der Waals surface area contributed by atoms with Crippen molar-refractivity contribution >= 4 is 11.0 Å². The molecule has 3 rings (SSSR count). The minimum atomic E-state index is -0.926. The predicted octanol–water partition coefficient (Wildman–Crippen LogP) is 3.69. The van der Waals surface area contributed by atoms with Gasteiger partial charge in [0.15, 0.2) is 11.6 Å². The van der Waals surface area contributed by atoms with Crippen LogP contribution in [-0.4, -0.2) is 9.97 Å². The van der Waals surface area contributed by atoms with Crippen molar-refractivity contribution in [2.75, 3.05) is 0 Å². The van der Waals surface area contributed by atoms with Gasteiger partial charge in [-0.15, -0.1) is 0 Å². The molecule has 20 heavy (non-hydrogen) atoms. The number of nitriles is 1. The second-order valence-corrected chi connectivity index (χ2v) is 4.49. The van der Waals surface area contributed by atoms with Crippen molar-refractivity contribution in [3.63, 3.8) is 0 Å². The quantitative estimate of drug-likeness (QED) is 0.732. The zero-order chi connectivity index (χ0) is 14.3. The van der Waals surface area contributed by atoms with Crippen LogP contribution in [0.25, 0.3) is 22.4 Å². The molecule has 0 aliphatic carbocycles. The van der Waals surface area contributed by atoms with E-state index in [4.69, 9.17) is 5.26 Å². The molecule has 0 atom stereocenters. The highest BCUT2D eigenvalue weighted by molar-refractivity contribution is 5.80. The molecule has 0 fully saturated rings. The van der Waals surface area contributed by atoms with E-state index in [-0.39, 0.29) is 17.0 Å². The van der Waals surface area contributed by atoms with Gasteiger partial charge in [0.05, 0.1) is 28.2 Å². The Morgan fingerprint density at radius 1 is 1.15 bits per heavy atom. The molecule has 0 spiro atoms. The Kier molecular flexibility index (Phi) is 2.72. The van der Waals surface area contributed by atoms with E-state index >= 15 is 0 Å². The number of fused-ring (bicyclic) bond motifs is 1. The van der Waals surface area contributed by atoms with E-state index in [1.165, 1.54) is 19.1 Å². The van der Waals surface area contributed by atoms with Gasteiger partial charge in [-0.05, 0) is 36.8 Å². The van der Waals surface area contributed by atoms with Crippen molar-refractivity contribution in [2.45, 2.75) is 6.92 Å². The molecule has 0 aliphatic rings. The van der Waals surface area contributed by atoms with Crippen LogP contribution >= 0.6 is 0 Å². The molecule has 1 N–H and O–H groups in total. The van der Waals surface area contributed by atoms with Gasteiger partial charge in [0.25, 0.3) is 0 Å². The van der Waals surface area contributed by atoms with Gasteiger partial charge in [0.2, 0.25) is 0 Å². The number of H-pyrrole nitrogens is 1. The lowest BCUT2D eigenvalue weighted by Gasteiger charge is -2.02. The van der Waals surface area contributed by atoms with Crippen LogP contribution in [0.3, 0.4) is 0 Å². The molecular weight excluding hydrogens is 260 g/mol. The Bertz CT molecular complexity index is 859. The van der Waals surface area contributed by atoms with Crippen LogP contribution in [0.4, 0.5) is 8.78 Å². The fraction of sp³-hybridized carbons (Fsp3) is 0.0667. The Hall–Kier alpha value is -2.74. The maximum Gasteiger partial charge on any atom is 0.170 e. The largest absolute Gasteiger partial charge is 0.338 e. The Balaban J connectivity index is 2.20. The maximum atomic E-state index is 13.9. The topological polar surface area (TPSA) is 52.5 Å². The Morgan fingerprint density at radius 3 is 2.70 bits per heavy atom. The van der Waals surface area contributed by atoms with Crippen LogP contribution in [0.5, 0.6) is 0 Å². The molecule has 0 bridgehead atoms. The molecule has 3 aromatic rings. The van der Waals surface area contributed by atoms with Crippen LogP contribution in [0, 0.1) is 29.9 Å². The summed E-state index contributed by atoms with van der Waals surface area (Å²) in [5.74, 6) is -1.56. The van der Waals surface area contributed by atoms with Gasteiger partial charge in [-0.3, -0.25) is 0 Å². The third-order valence-electron chi connectivity index (χ3n) is 3.14. The van der Waals surface area contributed by atoms with Crippen molar-refractivity contribution < 1.29 is 8.78 Å². The van der Waals surface area contributed by atoms with Crippen molar-refractivity contribution in [3.05, 3.63) is 53.1 Å². The van der Waals surface area contributed by atoms with Crippen LogP contribution in [0.1, 0.15) is 11.1 Å². The number of halogens is 2. The summed E-state index contributed by atoms with van der Waals surface area (Å²) in [6.07, 6.45) is 0. The van der Waals surface area contributed by atoms with E-state index in [1.807, 2.05) is 6.07 Å². The second kappa shape index (κ2) is 4.42. The van der Waals surface area contributed by atoms with Crippen molar-refractivity contribution in [3.8, 4) is 17.5 Å². The molecule has 0 unspecified atom stereocenters. The highest BCUT2D eigenvalue weighted by atomic mass is 19.2. The minimum Gasteiger partial charge on any atom is -0.338 e. The predicted molar refractivity (Wildman–Crippen MR) is 70.9 cm³/mol. The third-order valence-corrected chi connectivity index (χ3v) is 3.14. The number of aromatic amines is 1. The lowest BCUT2D eigenvalue weighted by Crippen LogP contribution is -1.94. The summed E-state index contributed by atoms with van der Waals surface area (Å²) in [7, 11) is 0. The zero-order valence-corrected chi connectivity index (χ0v) is 10.5. The number of benzene rings is 2. The van der Waals surface area contributed by atoms with E-state index in [0.29, 0.717) is 16.6 Å². The Morgan fingerprint density at radius 2 is 1.95 bits per heavy atom. The molecule has 0 saturated carbocycles. The van der Waals surface area contributed by atoms with Crippen molar-refractivity contribution in [1.29, 1.82) is 5.26 Å². The van der Waals surface area contributed by atoms with Crippen LogP contribution < -0.4 is 0 Å². The van der Waals surface area contributed by atoms with Gasteiger partial charge in [0, 0.05) is 0 Å². The fourth-order valence-corrected chi connectivity index (χ4v) is 2.04. The second-order valence-electron chi connectivity index (χ2n) is 4.49. The lowest BCUT2D eigenvalue weighted by atomic mass is 10.1. The van der Waals surface area contributed by atoms with E-state index in [2.05, 4.69) is 9.97 Å². The van der Waals surface area contributed by atoms with Crippen LogP contribution in [-0.2, 0) is 0 Å². The lowest BCUT2D eigenvalue weighted by molar-refractivity contribution is 0.505. The van der Waals surface area contributed by atoms with E-state index in [0.717, 1.165) is 0 Å². The molecule has 98 valence electrons. The number of nitrogens with one attached hydrogen (secondary N) is 1. The first kappa shape index (κ1) is 12.3. The first-order valence-corrected chi connectivity index (χ1v) is 5.95. The molecule has 1 aromatic heterocycles. The standard InChI is InChI=1S/C15H9F2N3/c1-8-2-4-10(14(17)13(8)16)15-19-11-5-3-9(7-18)6-12(11)20-15/h2-6H,1H3,(H,19,20). The van der Waals surface area contributed by atoms with Crippen molar-refractivity contribution in [2.24, 2.45) is 0 Å². The summed E-state index contributed by atoms with van der Waals surface area (Å²) in [5.41, 5.74) is 2.00. The van der Waals surface area contributed by atoms with E-state index < -0.39 is 11.6 Å². The van der Waals surface area contributed by atoms with E-state index in [1.54, 1.807) is 18.2 Å². The smallest absolute Gasteiger partial charge is 0.170 e. The number of aromatic nitrogens is 2. The maximum absolute atomic E-state index is 13.9. The van der Waals surface area contributed by atoms with Gasteiger partial charge >= 0.3 is 0 Å². The monoisotopic (exact) mass is 269 g/mol. The van der Waals surface area contributed by atoms with Crippen molar-refractivity contribution in [1.82, 2.24) is 9.97 Å². The average Bonchev–Trinajstić information content (AvgIpc) is 2.87. The molecule has 3 nitrogen and oxygen atoms in total. The molecule has 0 aliphatic heterocycles. The highest BCUT2D eigenvalue weighted by Gasteiger charge is 2.15. The van der Waals surface area contributed by atoms with Gasteiger partial charge in [-0.1, -0.05) is 6.07 Å². The minimum absolute atomic E-state index is 0.0720. The fourth-order valence-electron chi connectivity index (χ4n) is 2.04. The molecule has 0 radical (unpaired) electrons. The summed E-state index contributed by atoms with van der Waals surface area (Å²) in [6.45, 7) is 1.50. The summed E-state index contributed by atoms with van der Waals surface area (Å²) in [4.78, 5) is 7.12. The summed E-state index contributed by atoms with van der Waals surface area (Å²) >= 11 is 0. The zero-order valence-electron chi connectivity index (χ0n) is 10.5. The first-order valence-electron chi connectivity index (χ1n) is 5.95. The number of rotatable bonds is 1. The van der Waals surface area contributed by atoms with Gasteiger partial charge in [0.1, 0.15) is 5.82 Å². The Labute approximate surface area is 113 Å². The number of nitrogens with zero attached hydrogens (tertiary/aromatic N) is 2.